The summed E-state index contributed by atoms with van der Waals surface area (Å²) in [6.07, 6.45) is 3.18. The first-order valence-electron chi connectivity index (χ1n) is 11.0. The molecule has 2 N–H and O–H groups in total. The Labute approximate surface area is 208 Å². The van der Waals surface area contributed by atoms with Crippen molar-refractivity contribution in [2.75, 3.05) is 11.9 Å². The van der Waals surface area contributed by atoms with Gasteiger partial charge in [0.15, 0.2) is 5.82 Å². The van der Waals surface area contributed by atoms with Gasteiger partial charge in [-0.05, 0) is 57.0 Å². The lowest BCUT2D eigenvalue weighted by atomic mass is 10.1. The maximum absolute atomic E-state index is 13.4. The molecule has 180 valence electrons. The fourth-order valence-electron chi connectivity index (χ4n) is 3.25. The Morgan fingerprint density at radius 3 is 2.62 bits per heavy atom. The second-order valence-corrected chi connectivity index (χ2v) is 8.81. The van der Waals surface area contributed by atoms with E-state index < -0.39 is 5.91 Å². The van der Waals surface area contributed by atoms with Gasteiger partial charge < -0.3 is 15.4 Å². The predicted molar refractivity (Wildman–Crippen MR) is 134 cm³/mol. The molecule has 0 aliphatic heterocycles. The second kappa shape index (κ2) is 11.4. The number of hydrogen-bond donors (Lipinski definition) is 2. The Hall–Kier alpha value is -3.10. The van der Waals surface area contributed by atoms with E-state index in [4.69, 9.17) is 27.9 Å². The Balaban J connectivity index is 2.01. The van der Waals surface area contributed by atoms with Gasteiger partial charge in [-0.25, -0.2) is 9.67 Å². The number of halogens is 2. The van der Waals surface area contributed by atoms with Crippen LogP contribution in [0.1, 0.15) is 60.0 Å². The van der Waals surface area contributed by atoms with E-state index >= 15 is 0 Å². The van der Waals surface area contributed by atoms with Crippen LogP contribution in [0.25, 0.3) is 5.82 Å². The van der Waals surface area contributed by atoms with Crippen molar-refractivity contribution in [2.45, 2.75) is 46.6 Å². The Kier molecular flexibility index (Phi) is 8.52. The van der Waals surface area contributed by atoms with Crippen LogP contribution in [0, 0.1) is 6.92 Å². The minimum atomic E-state index is -0.513. The molecule has 0 fully saturated rings. The zero-order valence-corrected chi connectivity index (χ0v) is 21.0. The third-order valence-electron chi connectivity index (χ3n) is 4.82. The highest BCUT2D eigenvalue weighted by Gasteiger charge is 2.23. The number of carbonyl (C=O) groups is 2. The van der Waals surface area contributed by atoms with Gasteiger partial charge in [0.05, 0.1) is 22.4 Å². The first-order chi connectivity index (χ1) is 16.2. The standard InChI is InChI=1S/C24H27Cl2N5O3/c1-5-6-9-28-23(32)17-12-16(25)11-15(4)21(17)29-24(33)19-13-20(34-14(2)3)30-31(19)22-18(26)8-7-10-27-22/h7-8,10-14H,5-6,9H2,1-4H3,(H,28,32)(H,29,33). The number of benzene rings is 1. The number of pyridine rings is 1. The molecular formula is C24H27Cl2N5O3. The number of nitrogens with one attached hydrogen (secondary N) is 2. The molecule has 0 saturated heterocycles. The summed E-state index contributed by atoms with van der Waals surface area (Å²) in [5.41, 5.74) is 1.41. The number of ether oxygens (including phenoxy) is 1. The minimum absolute atomic E-state index is 0.142. The third kappa shape index (κ3) is 6.07. The van der Waals surface area contributed by atoms with E-state index in [0.717, 1.165) is 12.8 Å². The zero-order chi connectivity index (χ0) is 24.8. The van der Waals surface area contributed by atoms with Crippen molar-refractivity contribution in [3.8, 4) is 11.7 Å². The van der Waals surface area contributed by atoms with Crippen LogP contribution in [0.5, 0.6) is 5.88 Å². The highest BCUT2D eigenvalue weighted by atomic mass is 35.5. The van der Waals surface area contributed by atoms with Crippen LogP contribution in [0.15, 0.2) is 36.5 Å². The van der Waals surface area contributed by atoms with Crippen molar-refractivity contribution in [2.24, 2.45) is 0 Å². The van der Waals surface area contributed by atoms with Gasteiger partial charge in [-0.2, -0.15) is 0 Å². The monoisotopic (exact) mass is 503 g/mol. The van der Waals surface area contributed by atoms with Gasteiger partial charge in [0.1, 0.15) is 5.69 Å². The van der Waals surface area contributed by atoms with E-state index in [0.29, 0.717) is 27.8 Å². The summed E-state index contributed by atoms with van der Waals surface area (Å²) in [7, 11) is 0. The molecule has 2 heterocycles. The molecule has 3 aromatic rings. The lowest BCUT2D eigenvalue weighted by Gasteiger charge is -2.15. The molecule has 0 aliphatic rings. The van der Waals surface area contributed by atoms with Crippen LogP contribution in [-0.4, -0.2) is 39.2 Å². The maximum Gasteiger partial charge on any atom is 0.274 e. The molecule has 8 nitrogen and oxygen atoms in total. The van der Waals surface area contributed by atoms with Crippen LogP contribution >= 0.6 is 23.2 Å². The van der Waals surface area contributed by atoms with Gasteiger partial charge in [0.2, 0.25) is 5.88 Å². The topological polar surface area (TPSA) is 98.1 Å². The van der Waals surface area contributed by atoms with E-state index in [1.165, 1.54) is 16.8 Å². The first kappa shape index (κ1) is 25.5. The molecule has 2 aromatic heterocycles. The predicted octanol–water partition coefficient (Wildman–Crippen LogP) is 5.45. The molecule has 0 radical (unpaired) electrons. The number of anilines is 1. The molecule has 0 spiro atoms. The molecule has 1 aromatic carbocycles. The molecule has 0 bridgehead atoms. The largest absolute Gasteiger partial charge is 0.474 e. The zero-order valence-electron chi connectivity index (χ0n) is 19.5. The van der Waals surface area contributed by atoms with Crippen LogP contribution in [0.2, 0.25) is 10.0 Å². The summed E-state index contributed by atoms with van der Waals surface area (Å²) in [6.45, 7) is 8.04. The first-order valence-corrected chi connectivity index (χ1v) is 11.7. The number of carbonyl (C=O) groups excluding carboxylic acids is 2. The van der Waals surface area contributed by atoms with Gasteiger partial charge in [-0.1, -0.05) is 36.5 Å². The summed E-state index contributed by atoms with van der Waals surface area (Å²) in [6, 6.07) is 8.05. The molecule has 10 heteroatoms. The van der Waals surface area contributed by atoms with Gasteiger partial charge in [0.25, 0.3) is 11.8 Å². The summed E-state index contributed by atoms with van der Waals surface area (Å²) >= 11 is 12.5. The summed E-state index contributed by atoms with van der Waals surface area (Å²) in [5.74, 6) is -0.314. The Morgan fingerprint density at radius 1 is 1.18 bits per heavy atom. The van der Waals surface area contributed by atoms with Gasteiger partial charge in [-0.3, -0.25) is 9.59 Å². The van der Waals surface area contributed by atoms with Crippen molar-refractivity contribution in [3.63, 3.8) is 0 Å². The van der Waals surface area contributed by atoms with E-state index in [-0.39, 0.29) is 35.0 Å². The van der Waals surface area contributed by atoms with Gasteiger partial charge >= 0.3 is 0 Å². The van der Waals surface area contributed by atoms with Crippen LogP contribution in [0.3, 0.4) is 0 Å². The summed E-state index contributed by atoms with van der Waals surface area (Å²) < 4.78 is 7.01. The Morgan fingerprint density at radius 2 is 1.94 bits per heavy atom. The van der Waals surface area contributed by atoms with E-state index in [1.54, 1.807) is 31.3 Å². The quantitative estimate of drug-likeness (QED) is 0.378. The normalized spacial score (nSPS) is 10.9. The minimum Gasteiger partial charge on any atom is -0.474 e. The number of aromatic nitrogens is 3. The number of aryl methyl sites for hydroxylation is 1. The number of hydrogen-bond acceptors (Lipinski definition) is 5. The fourth-order valence-corrected chi connectivity index (χ4v) is 3.73. The number of nitrogens with zero attached hydrogens (tertiary/aromatic N) is 3. The van der Waals surface area contributed by atoms with Gasteiger partial charge in [-0.15, -0.1) is 5.10 Å². The van der Waals surface area contributed by atoms with Crippen LogP contribution in [-0.2, 0) is 0 Å². The smallest absolute Gasteiger partial charge is 0.274 e. The molecule has 0 atom stereocenters. The van der Waals surface area contributed by atoms with Crippen LogP contribution < -0.4 is 15.4 Å². The molecular weight excluding hydrogens is 477 g/mol. The molecule has 3 rings (SSSR count). The molecule has 0 unspecified atom stereocenters. The number of amides is 2. The van der Waals surface area contributed by atoms with Crippen molar-refractivity contribution in [1.29, 1.82) is 0 Å². The van der Waals surface area contributed by atoms with E-state index in [9.17, 15) is 9.59 Å². The molecule has 0 aliphatic carbocycles. The number of unbranched alkanes of at least 4 members (excludes halogenated alkanes) is 1. The fraction of sp³-hybridized carbons (Fsp3) is 0.333. The Bertz CT molecular complexity index is 1190. The second-order valence-electron chi connectivity index (χ2n) is 7.96. The van der Waals surface area contributed by atoms with Crippen molar-refractivity contribution in [3.05, 3.63) is 63.4 Å². The van der Waals surface area contributed by atoms with Crippen LogP contribution in [0.4, 0.5) is 5.69 Å². The highest BCUT2D eigenvalue weighted by Crippen LogP contribution is 2.28. The van der Waals surface area contributed by atoms with Crippen molar-refractivity contribution in [1.82, 2.24) is 20.1 Å². The SMILES string of the molecule is CCCCNC(=O)c1cc(Cl)cc(C)c1NC(=O)c1cc(OC(C)C)nn1-c1ncccc1Cl. The van der Waals surface area contributed by atoms with E-state index in [1.807, 2.05) is 20.8 Å². The maximum atomic E-state index is 13.4. The number of rotatable bonds is 9. The molecule has 0 saturated carbocycles. The van der Waals surface area contributed by atoms with Gasteiger partial charge in [0, 0.05) is 23.8 Å². The van der Waals surface area contributed by atoms with E-state index in [2.05, 4.69) is 20.7 Å². The average Bonchev–Trinajstić information content (AvgIpc) is 3.18. The highest BCUT2D eigenvalue weighted by molar-refractivity contribution is 6.32. The summed E-state index contributed by atoms with van der Waals surface area (Å²) in [4.78, 5) is 30.5. The average molecular weight is 504 g/mol. The van der Waals surface area contributed by atoms with Crippen molar-refractivity contribution < 1.29 is 14.3 Å². The summed E-state index contributed by atoms with van der Waals surface area (Å²) in [5, 5.41) is 10.8. The molecule has 2 amide bonds. The lowest BCUT2D eigenvalue weighted by molar-refractivity contribution is 0.0954. The third-order valence-corrected chi connectivity index (χ3v) is 5.33. The lowest BCUT2D eigenvalue weighted by Crippen LogP contribution is -2.27. The molecule has 34 heavy (non-hydrogen) atoms. The van der Waals surface area contributed by atoms with Crippen molar-refractivity contribution >= 4 is 40.7 Å².